The lowest BCUT2D eigenvalue weighted by molar-refractivity contribution is 0.596. The molecule has 68 valence electrons. The maximum atomic E-state index is 11.0. The van der Waals surface area contributed by atoms with Crippen LogP contribution in [0.1, 0.15) is 5.56 Å². The maximum Gasteiger partial charge on any atom is 0.361 e. The monoisotopic (exact) mass is 241 g/mol. The van der Waals surface area contributed by atoms with Crippen LogP contribution in [0.3, 0.4) is 0 Å². The molecule has 0 fully saturated rings. The van der Waals surface area contributed by atoms with E-state index >= 15 is 0 Å². The van der Waals surface area contributed by atoms with Crippen LogP contribution in [0.5, 0.6) is 0 Å². The third kappa shape index (κ3) is 1.25. The molecule has 0 saturated carbocycles. The number of nitrogens with one attached hydrogen (secondary N) is 2. The Labute approximate surface area is 82.7 Å². The van der Waals surface area contributed by atoms with E-state index in [1.165, 1.54) is 4.68 Å². The molecule has 4 nitrogen and oxygen atoms in total. The van der Waals surface area contributed by atoms with Crippen molar-refractivity contribution in [2.45, 2.75) is 6.92 Å². The molecule has 0 amide bonds. The summed E-state index contributed by atoms with van der Waals surface area (Å²) >= 11 is 3.40. The zero-order valence-electron chi connectivity index (χ0n) is 6.97. The van der Waals surface area contributed by atoms with Gasteiger partial charge in [0, 0.05) is 4.47 Å². The van der Waals surface area contributed by atoms with E-state index in [4.69, 9.17) is 0 Å². The lowest BCUT2D eigenvalue weighted by atomic mass is 10.2. The highest BCUT2D eigenvalue weighted by molar-refractivity contribution is 9.10. The molecule has 1 aromatic carbocycles. The molecule has 0 aliphatic rings. The largest absolute Gasteiger partial charge is 0.361 e. The highest BCUT2D eigenvalue weighted by Gasteiger charge is 2.07. The maximum absolute atomic E-state index is 11.0. The van der Waals surface area contributed by atoms with E-state index in [2.05, 4.69) is 26.2 Å². The molecule has 13 heavy (non-hydrogen) atoms. The summed E-state index contributed by atoms with van der Waals surface area (Å²) < 4.78 is 2.45. The van der Waals surface area contributed by atoms with E-state index in [0.717, 1.165) is 15.7 Å². The number of hydrogen-bond donors (Lipinski definition) is 2. The highest BCUT2D eigenvalue weighted by Crippen LogP contribution is 2.20. The summed E-state index contributed by atoms with van der Waals surface area (Å²) in [5.41, 5.74) is 1.75. The van der Waals surface area contributed by atoms with Crippen molar-refractivity contribution in [1.29, 1.82) is 0 Å². The third-order valence-electron chi connectivity index (χ3n) is 1.96. The summed E-state index contributed by atoms with van der Waals surface area (Å²) in [6.45, 7) is 1.95. The number of halogens is 1. The smallest absolute Gasteiger partial charge is 0.244 e. The summed E-state index contributed by atoms with van der Waals surface area (Å²) in [4.78, 5) is 11.0. The Morgan fingerprint density at radius 1 is 1.46 bits per heavy atom. The molecule has 2 rings (SSSR count). The molecular weight excluding hydrogens is 234 g/mol. The Morgan fingerprint density at radius 3 is 2.77 bits per heavy atom. The first-order chi connectivity index (χ1) is 6.20. The van der Waals surface area contributed by atoms with Gasteiger partial charge in [-0.3, -0.25) is 0 Å². The van der Waals surface area contributed by atoms with Crippen LogP contribution >= 0.6 is 15.9 Å². The van der Waals surface area contributed by atoms with Gasteiger partial charge < -0.3 is 0 Å². The SMILES string of the molecule is Cc1c(Br)cccc1-n1[nH][nH]c1=O. The van der Waals surface area contributed by atoms with Crippen LogP contribution in [0.25, 0.3) is 5.69 Å². The van der Waals surface area contributed by atoms with Crippen LogP contribution in [0.2, 0.25) is 0 Å². The van der Waals surface area contributed by atoms with Crippen molar-refractivity contribution in [3.63, 3.8) is 0 Å². The molecule has 0 radical (unpaired) electrons. The molecule has 2 N–H and O–H groups in total. The Morgan fingerprint density at radius 2 is 2.23 bits per heavy atom. The van der Waals surface area contributed by atoms with E-state index in [-0.39, 0.29) is 5.69 Å². The first kappa shape index (κ1) is 8.37. The summed E-state index contributed by atoms with van der Waals surface area (Å²) in [5.74, 6) is 0. The number of aromatic amines is 2. The van der Waals surface area contributed by atoms with E-state index in [1.54, 1.807) is 0 Å². The normalized spacial score (nSPS) is 10.6. The molecule has 0 unspecified atom stereocenters. The lowest BCUT2D eigenvalue weighted by Gasteiger charge is -2.11. The number of benzene rings is 1. The average Bonchev–Trinajstić information content (AvgIpc) is 2.10. The zero-order valence-corrected chi connectivity index (χ0v) is 8.55. The Hall–Kier alpha value is -1.23. The van der Waals surface area contributed by atoms with Gasteiger partial charge in [0.15, 0.2) is 0 Å². The van der Waals surface area contributed by atoms with Crippen molar-refractivity contribution in [1.82, 2.24) is 15.0 Å². The topological polar surface area (TPSA) is 53.6 Å². The van der Waals surface area contributed by atoms with Gasteiger partial charge in [-0.1, -0.05) is 22.0 Å². The Balaban J connectivity index is 2.62. The summed E-state index contributed by atoms with van der Waals surface area (Å²) in [6, 6.07) is 5.71. The number of rotatable bonds is 1. The predicted molar refractivity (Wildman–Crippen MR) is 53.2 cm³/mol. The van der Waals surface area contributed by atoms with Crippen LogP contribution in [-0.4, -0.2) is 15.0 Å². The molecule has 0 atom stereocenters. The lowest BCUT2D eigenvalue weighted by Crippen LogP contribution is -2.32. The van der Waals surface area contributed by atoms with Crippen molar-refractivity contribution in [3.8, 4) is 5.69 Å². The highest BCUT2D eigenvalue weighted by atomic mass is 79.9. The van der Waals surface area contributed by atoms with Gasteiger partial charge in [0.25, 0.3) is 0 Å². The van der Waals surface area contributed by atoms with Gasteiger partial charge in [-0.15, -0.1) is 0 Å². The second-order valence-corrected chi connectivity index (χ2v) is 3.62. The molecule has 0 bridgehead atoms. The number of H-pyrrole nitrogens is 2. The van der Waals surface area contributed by atoms with Crippen molar-refractivity contribution >= 4 is 15.9 Å². The number of nitrogens with zero attached hydrogens (tertiary/aromatic N) is 1. The minimum atomic E-state index is -0.138. The third-order valence-corrected chi connectivity index (χ3v) is 2.82. The van der Waals surface area contributed by atoms with Gasteiger partial charge in [-0.25, -0.2) is 15.1 Å². The number of aromatic nitrogens is 3. The molecule has 5 heteroatoms. The molecule has 0 saturated heterocycles. The van der Waals surface area contributed by atoms with Gasteiger partial charge in [0.1, 0.15) is 0 Å². The van der Waals surface area contributed by atoms with Gasteiger partial charge in [0.05, 0.1) is 5.69 Å². The van der Waals surface area contributed by atoms with Crippen LogP contribution in [0.4, 0.5) is 0 Å². The zero-order chi connectivity index (χ0) is 9.42. The minimum absolute atomic E-state index is 0.138. The molecule has 0 spiro atoms. The fourth-order valence-corrected chi connectivity index (χ4v) is 1.52. The molecule has 2 aromatic rings. The standard InChI is InChI=1S/C8H8BrN3O/c1-5-6(9)3-2-4-7(5)12-8(13)10-11-12/h2-4,11H,1H3,(H,10,13). The van der Waals surface area contributed by atoms with Gasteiger partial charge in [-0.05, 0) is 24.6 Å². The van der Waals surface area contributed by atoms with E-state index < -0.39 is 0 Å². The first-order valence-corrected chi connectivity index (χ1v) is 4.60. The Bertz CT molecular complexity index is 480. The summed E-state index contributed by atoms with van der Waals surface area (Å²) in [6.07, 6.45) is 0. The van der Waals surface area contributed by atoms with Crippen LogP contribution in [-0.2, 0) is 0 Å². The first-order valence-electron chi connectivity index (χ1n) is 3.81. The van der Waals surface area contributed by atoms with Gasteiger partial charge in [-0.2, -0.15) is 4.68 Å². The quantitative estimate of drug-likeness (QED) is 0.783. The van der Waals surface area contributed by atoms with Crippen LogP contribution in [0, 0.1) is 6.92 Å². The predicted octanol–water partition coefficient (Wildman–Crippen LogP) is 1.56. The summed E-state index contributed by atoms with van der Waals surface area (Å²) in [7, 11) is 0. The minimum Gasteiger partial charge on any atom is -0.244 e. The van der Waals surface area contributed by atoms with Crippen molar-refractivity contribution in [2.24, 2.45) is 0 Å². The van der Waals surface area contributed by atoms with Gasteiger partial charge in [0.2, 0.25) is 0 Å². The van der Waals surface area contributed by atoms with Gasteiger partial charge >= 0.3 is 5.69 Å². The second kappa shape index (κ2) is 2.92. The van der Waals surface area contributed by atoms with Crippen LogP contribution < -0.4 is 5.69 Å². The van der Waals surface area contributed by atoms with E-state index in [0.29, 0.717) is 0 Å². The average molecular weight is 242 g/mol. The van der Waals surface area contributed by atoms with Crippen molar-refractivity contribution in [3.05, 3.63) is 38.7 Å². The Kier molecular flexibility index (Phi) is 1.88. The van der Waals surface area contributed by atoms with Crippen molar-refractivity contribution in [2.75, 3.05) is 0 Å². The number of hydrogen-bond acceptors (Lipinski definition) is 1. The molecule has 0 aliphatic carbocycles. The fraction of sp³-hybridized carbons (Fsp3) is 0.125. The van der Waals surface area contributed by atoms with E-state index in [9.17, 15) is 4.79 Å². The van der Waals surface area contributed by atoms with E-state index in [1.807, 2.05) is 25.1 Å². The second-order valence-electron chi connectivity index (χ2n) is 2.76. The summed E-state index contributed by atoms with van der Waals surface area (Å²) in [5, 5.41) is 5.12. The molecule has 0 aliphatic heterocycles. The molecule has 1 aromatic heterocycles. The molecule has 1 heterocycles. The van der Waals surface area contributed by atoms with Crippen LogP contribution in [0.15, 0.2) is 27.5 Å². The van der Waals surface area contributed by atoms with Crippen molar-refractivity contribution < 1.29 is 0 Å². The molecular formula is C8H8BrN3O. The fourth-order valence-electron chi connectivity index (χ4n) is 1.17.